The van der Waals surface area contributed by atoms with Gasteiger partial charge in [-0.05, 0) is 50.0 Å². The minimum Gasteiger partial charge on any atom is -0.499 e. The number of ether oxygens (including phenoxy) is 5. The highest BCUT2D eigenvalue weighted by Crippen LogP contribution is 2.56. The predicted molar refractivity (Wildman–Crippen MR) is 195 cm³/mol. The van der Waals surface area contributed by atoms with Crippen molar-refractivity contribution in [3.05, 3.63) is 77.5 Å². The van der Waals surface area contributed by atoms with Crippen LogP contribution < -0.4 is 5.32 Å². The number of aliphatic hydroxyl groups is 2. The lowest BCUT2D eigenvalue weighted by Crippen LogP contribution is -2.70. The zero-order valence-corrected chi connectivity index (χ0v) is 31.6. The van der Waals surface area contributed by atoms with Gasteiger partial charge in [0.05, 0.1) is 32.1 Å². The van der Waals surface area contributed by atoms with Crippen molar-refractivity contribution in [3.63, 3.8) is 0 Å². The fourth-order valence-corrected chi connectivity index (χ4v) is 7.97. The summed E-state index contributed by atoms with van der Waals surface area (Å²) in [4.78, 5) is 64.1. The highest BCUT2D eigenvalue weighted by atomic mass is 16.8. The molecule has 1 saturated carbocycles. The van der Waals surface area contributed by atoms with E-state index in [9.17, 15) is 19.5 Å². The van der Waals surface area contributed by atoms with E-state index in [4.69, 9.17) is 33.6 Å². The lowest BCUT2D eigenvalue weighted by molar-refractivity contribution is -0.204. The van der Waals surface area contributed by atoms with E-state index in [0.717, 1.165) is 16.7 Å². The highest BCUT2D eigenvalue weighted by molar-refractivity contribution is 5.96. The molecule has 0 radical (unpaired) electrons. The van der Waals surface area contributed by atoms with Gasteiger partial charge in [0.2, 0.25) is 11.8 Å². The average Bonchev–Trinajstić information content (AvgIpc) is 3.79. The maximum absolute atomic E-state index is 15.3. The van der Waals surface area contributed by atoms with Crippen LogP contribution in [0.5, 0.6) is 0 Å². The van der Waals surface area contributed by atoms with E-state index in [1.165, 1.54) is 23.3 Å². The number of hydrogen-bond donors (Lipinski definition) is 3. The van der Waals surface area contributed by atoms with Gasteiger partial charge in [0, 0.05) is 26.3 Å². The Bertz CT molecular complexity index is 1720. The lowest BCUT2D eigenvalue weighted by atomic mass is 9.62. The van der Waals surface area contributed by atoms with Crippen LogP contribution in [0.25, 0.3) is 6.08 Å². The van der Waals surface area contributed by atoms with Crippen LogP contribution >= 0.6 is 0 Å². The predicted octanol–water partition coefficient (Wildman–Crippen LogP) is 1.88. The van der Waals surface area contributed by atoms with E-state index in [1.54, 1.807) is 26.8 Å². The summed E-state index contributed by atoms with van der Waals surface area (Å²) in [5.74, 6) is -2.16. The minimum absolute atomic E-state index is 0.0384. The van der Waals surface area contributed by atoms with Gasteiger partial charge in [0.1, 0.15) is 54.9 Å². The third-order valence-corrected chi connectivity index (χ3v) is 10.5. The number of fused-ring (bicyclic) bond motifs is 4. The highest BCUT2D eigenvalue weighted by Gasteiger charge is 2.75. The van der Waals surface area contributed by atoms with Crippen LogP contribution in [-0.4, -0.2) is 126 Å². The first kappa shape index (κ1) is 40.3. The van der Waals surface area contributed by atoms with Crippen LogP contribution in [-0.2, 0) is 60.7 Å². The molecule has 15 nitrogen and oxygen atoms in total. The Morgan fingerprint density at radius 1 is 1.07 bits per heavy atom. The molecular formula is C40H51N3O12. The Labute approximate surface area is 320 Å². The van der Waals surface area contributed by atoms with E-state index in [1.807, 2.05) is 54.6 Å². The van der Waals surface area contributed by atoms with Crippen molar-refractivity contribution in [1.29, 1.82) is 0 Å². The van der Waals surface area contributed by atoms with Crippen LogP contribution in [0.4, 0.5) is 0 Å². The summed E-state index contributed by atoms with van der Waals surface area (Å²) in [5, 5.41) is 23.7. The molecule has 15 heteroatoms. The molecule has 3 aliphatic heterocycles. The number of carbonyl (C=O) groups is 4. The van der Waals surface area contributed by atoms with Crippen molar-refractivity contribution < 1.29 is 57.9 Å². The largest absolute Gasteiger partial charge is 0.499 e. The molecule has 6 rings (SSSR count). The number of aliphatic hydroxyl groups excluding tert-OH is 2. The number of nitrogens with one attached hydrogen (secondary N) is 1. The molecule has 8 unspecified atom stereocenters. The van der Waals surface area contributed by atoms with Gasteiger partial charge in [-0.25, -0.2) is 0 Å². The van der Waals surface area contributed by atoms with Crippen LogP contribution in [0.3, 0.4) is 0 Å². The number of carbonyl (C=O) groups excluding carboxylic acids is 4. The van der Waals surface area contributed by atoms with E-state index < -0.39 is 83.9 Å². The van der Waals surface area contributed by atoms with Gasteiger partial charge in [0.25, 0.3) is 0 Å². The van der Waals surface area contributed by atoms with Gasteiger partial charge >= 0.3 is 11.9 Å². The monoisotopic (exact) mass is 765 g/mol. The molecular weight excluding hydrogens is 714 g/mol. The molecule has 2 amide bonds. The zero-order valence-electron chi connectivity index (χ0n) is 31.6. The Morgan fingerprint density at radius 2 is 1.80 bits per heavy atom. The summed E-state index contributed by atoms with van der Waals surface area (Å²) in [6, 6.07) is 13.6. The number of hydrogen-bond acceptors (Lipinski definition) is 13. The number of benzene rings is 2. The quantitative estimate of drug-likeness (QED) is 0.128. The number of esters is 2. The minimum atomic E-state index is -1.53. The fourth-order valence-electron chi connectivity index (χ4n) is 7.97. The molecule has 2 aromatic carbocycles. The van der Waals surface area contributed by atoms with E-state index in [2.05, 4.69) is 5.32 Å². The average molecular weight is 766 g/mol. The normalized spacial score (nSPS) is 26.9. The van der Waals surface area contributed by atoms with Crippen LogP contribution in [0.2, 0.25) is 0 Å². The third kappa shape index (κ3) is 8.72. The molecule has 55 heavy (non-hydrogen) atoms. The third-order valence-electron chi connectivity index (χ3n) is 10.5. The standard InChI is InChI=1S/C40H51N3O12/c1-39(2,3)54-31(46)15-14-28(23-45)41-36(47)29(20-25-10-6-5-7-11-25)42(4)38(49)40-21-30-32-33(52-24-51-32)35(40)55-43(34(40)37(48)53-30)22-27-13-9-8-12-26(27)16-18-50-19-17-44/h5-13,16,18,28-30,32-35,44-45H,14-15,17,19-24H2,1-4H3,(H,41,47). The smallest absolute Gasteiger partial charge is 0.327 e. The molecule has 2 bridgehead atoms. The Morgan fingerprint density at radius 3 is 2.53 bits per heavy atom. The van der Waals surface area contributed by atoms with Crippen LogP contribution in [0.15, 0.2) is 60.9 Å². The Balaban J connectivity index is 1.31. The first-order valence-electron chi connectivity index (χ1n) is 18.6. The summed E-state index contributed by atoms with van der Waals surface area (Å²) in [5.41, 5.74) is 0.0906. The van der Waals surface area contributed by atoms with Crippen molar-refractivity contribution in [2.45, 2.75) is 101 Å². The molecule has 298 valence electrons. The Hall–Kier alpha value is -4.38. The summed E-state index contributed by atoms with van der Waals surface area (Å²) >= 11 is 0. The molecule has 3 heterocycles. The van der Waals surface area contributed by atoms with Gasteiger partial charge < -0.3 is 44.1 Å². The second-order valence-electron chi connectivity index (χ2n) is 15.3. The first-order chi connectivity index (χ1) is 26.4. The van der Waals surface area contributed by atoms with E-state index in [0.29, 0.717) is 0 Å². The lowest BCUT2D eigenvalue weighted by Gasteiger charge is -2.50. The van der Waals surface area contributed by atoms with Crippen LogP contribution in [0, 0.1) is 5.41 Å². The molecule has 4 fully saturated rings. The van der Waals surface area contributed by atoms with E-state index in [-0.39, 0.29) is 52.2 Å². The second kappa shape index (κ2) is 17.2. The maximum Gasteiger partial charge on any atom is 0.327 e. The fraction of sp³-hybridized carbons (Fsp3) is 0.550. The van der Waals surface area contributed by atoms with Gasteiger partial charge in [-0.3, -0.25) is 24.0 Å². The molecule has 0 aromatic heterocycles. The number of amides is 2. The number of hydroxylamine groups is 2. The molecule has 0 spiro atoms. The van der Waals surface area contributed by atoms with Crippen molar-refractivity contribution in [3.8, 4) is 0 Å². The second-order valence-corrected chi connectivity index (χ2v) is 15.3. The zero-order chi connectivity index (χ0) is 39.3. The van der Waals surface area contributed by atoms with Gasteiger partial charge in [-0.15, -0.1) is 0 Å². The first-order valence-corrected chi connectivity index (χ1v) is 18.6. The van der Waals surface area contributed by atoms with Gasteiger partial charge in [0.15, 0.2) is 6.04 Å². The number of rotatable bonds is 16. The summed E-state index contributed by atoms with van der Waals surface area (Å²) in [7, 11) is 1.53. The van der Waals surface area contributed by atoms with Crippen LogP contribution in [0.1, 0.15) is 56.7 Å². The van der Waals surface area contributed by atoms with Gasteiger partial charge in [-0.1, -0.05) is 54.6 Å². The summed E-state index contributed by atoms with van der Waals surface area (Å²) in [6.07, 6.45) is 0.332. The van der Waals surface area contributed by atoms with Crippen molar-refractivity contribution in [2.75, 3.05) is 33.7 Å². The maximum atomic E-state index is 15.3. The molecule has 1 aliphatic carbocycles. The van der Waals surface area contributed by atoms with Crippen molar-refractivity contribution in [1.82, 2.24) is 15.3 Å². The summed E-state index contributed by atoms with van der Waals surface area (Å²) in [6.45, 7) is 4.84. The molecule has 3 saturated heterocycles. The van der Waals surface area contributed by atoms with Crippen molar-refractivity contribution in [2.24, 2.45) is 5.41 Å². The summed E-state index contributed by atoms with van der Waals surface area (Å²) < 4.78 is 28.6. The van der Waals surface area contributed by atoms with E-state index >= 15 is 4.79 Å². The molecule has 8 atom stereocenters. The molecule has 4 aliphatic rings. The van der Waals surface area contributed by atoms with Crippen molar-refractivity contribution >= 4 is 29.8 Å². The molecule has 2 aromatic rings. The molecule has 3 N–H and O–H groups in total. The topological polar surface area (TPSA) is 183 Å². The SMILES string of the molecule is CN(C(=O)C12CC3OC(=O)C1N(Cc1ccccc1C=COCCO)OC2C1OCOC31)C(Cc1ccccc1)C(=O)NC(CO)CCC(=O)OC(C)(C)C. The Kier molecular flexibility index (Phi) is 12.6. The van der Waals surface area contributed by atoms with Gasteiger partial charge in [-0.2, -0.15) is 5.06 Å². The number of likely N-dealkylation sites (N-methyl/N-ethyl adjacent to an activating group) is 1. The number of nitrogens with zero attached hydrogens (tertiary/aromatic N) is 2.